The Bertz CT molecular complexity index is 659. The fourth-order valence-corrected chi connectivity index (χ4v) is 1.35. The van der Waals surface area contributed by atoms with Gasteiger partial charge in [-0.15, -0.1) is 0 Å². The predicted molar refractivity (Wildman–Crippen MR) is 61.5 cm³/mol. The zero-order chi connectivity index (χ0) is 14.2. The molecule has 2 nitrogen and oxygen atoms in total. The van der Waals surface area contributed by atoms with Crippen molar-refractivity contribution in [2.45, 2.75) is 13.8 Å². The highest BCUT2D eigenvalue weighted by atomic mass is 16.1. The monoisotopic (exact) mass is 203 g/mol. The normalized spacial score (nSPS) is 15.0. The highest BCUT2D eigenvalue weighted by Crippen LogP contribution is 2.07. The maximum atomic E-state index is 12.1. The first-order chi connectivity index (χ1) is 8.82. The molecule has 0 N–H and O–H groups in total. The van der Waals surface area contributed by atoms with Crippen LogP contribution in [0.1, 0.15) is 16.6 Å². The molecule has 0 bridgehead atoms. The van der Waals surface area contributed by atoms with Crippen LogP contribution in [0, 0.1) is 13.8 Å². The van der Waals surface area contributed by atoms with Gasteiger partial charge in [0.1, 0.15) is 0 Å². The largest absolute Gasteiger partial charge is 0.284 e. The minimum absolute atomic E-state index is 0.0287. The van der Waals surface area contributed by atoms with Crippen LogP contribution in [-0.2, 0) is 0 Å². The molecule has 0 unspecified atom stereocenters. The van der Waals surface area contributed by atoms with Gasteiger partial charge in [-0.2, -0.15) is 0 Å². The summed E-state index contributed by atoms with van der Waals surface area (Å²) in [6.07, 6.45) is 1.30. The number of pyridine rings is 1. The molecule has 1 heterocycles. The second-order valence-corrected chi connectivity index (χ2v) is 3.30. The highest BCUT2D eigenvalue weighted by molar-refractivity contribution is 5.34. The molecular weight excluding hydrogens is 186 g/mol. The molecule has 0 radical (unpaired) electrons. The minimum atomic E-state index is -2.34. The summed E-state index contributed by atoms with van der Waals surface area (Å²) in [6, 6.07) is 8.41. The van der Waals surface area contributed by atoms with Gasteiger partial charge in [0.05, 0.1) is 1.37 Å². The molecule has 0 saturated carbocycles. The Hall–Kier alpha value is -1.83. The Balaban J connectivity index is 2.77. The van der Waals surface area contributed by atoms with E-state index in [1.165, 1.54) is 17.7 Å². The van der Waals surface area contributed by atoms with Crippen LogP contribution in [0.15, 0.2) is 47.4 Å². The van der Waals surface area contributed by atoms with E-state index in [-0.39, 0.29) is 17.2 Å². The van der Waals surface area contributed by atoms with E-state index in [1.54, 1.807) is 30.3 Å². The maximum absolute atomic E-state index is 12.1. The molecule has 1 aromatic heterocycles. The van der Waals surface area contributed by atoms with Gasteiger partial charge in [0.15, 0.2) is 0 Å². The van der Waals surface area contributed by atoms with Gasteiger partial charge in [0.2, 0.25) is 0 Å². The van der Waals surface area contributed by atoms with E-state index in [1.807, 2.05) is 0 Å². The Morgan fingerprint density at radius 2 is 2.00 bits per heavy atom. The molecule has 2 aromatic rings. The van der Waals surface area contributed by atoms with Gasteiger partial charge in [-0.3, -0.25) is 9.36 Å². The maximum Gasteiger partial charge on any atom is 0.255 e. The summed E-state index contributed by atoms with van der Waals surface area (Å²) >= 11 is 0. The van der Waals surface area contributed by atoms with Gasteiger partial charge in [-0.1, -0.05) is 18.2 Å². The zero-order valence-electron chi connectivity index (χ0n) is 12.3. The highest BCUT2D eigenvalue weighted by Gasteiger charge is 2.01. The fourth-order valence-electron chi connectivity index (χ4n) is 1.35. The third-order valence-electron chi connectivity index (χ3n) is 2.21. The standard InChI is InChI=1S/C13H13NO/c1-10-8-13(15)14(9-11(10)2)12-6-4-3-5-7-12/h3-9H,1-2H3/i2D3,8D. The van der Waals surface area contributed by atoms with Crippen molar-refractivity contribution < 1.29 is 5.48 Å². The zero-order valence-corrected chi connectivity index (χ0v) is 8.32. The predicted octanol–water partition coefficient (Wildman–Crippen LogP) is 2.45. The molecule has 0 aliphatic rings. The molecule has 0 fully saturated rings. The molecule has 0 aliphatic carbocycles. The van der Waals surface area contributed by atoms with Crippen LogP contribution in [0.5, 0.6) is 0 Å². The second-order valence-electron chi connectivity index (χ2n) is 3.30. The van der Waals surface area contributed by atoms with Crippen molar-refractivity contribution in [2.75, 3.05) is 0 Å². The van der Waals surface area contributed by atoms with Crippen LogP contribution in [0.4, 0.5) is 0 Å². The lowest BCUT2D eigenvalue weighted by Crippen LogP contribution is -2.17. The summed E-state index contributed by atoms with van der Waals surface area (Å²) in [5, 5.41) is 0. The number of nitrogens with zero attached hydrogens (tertiary/aromatic N) is 1. The summed E-state index contributed by atoms with van der Waals surface area (Å²) in [7, 11) is 0. The van der Waals surface area contributed by atoms with Crippen LogP contribution in [0.2, 0.25) is 0 Å². The van der Waals surface area contributed by atoms with E-state index in [0.717, 1.165) is 0 Å². The van der Waals surface area contributed by atoms with Crippen molar-refractivity contribution in [1.82, 2.24) is 4.57 Å². The van der Waals surface area contributed by atoms with Crippen molar-refractivity contribution in [3.8, 4) is 5.69 Å². The number of aromatic nitrogens is 1. The first kappa shape index (κ1) is 5.91. The van der Waals surface area contributed by atoms with E-state index in [2.05, 4.69) is 0 Å². The number of hydrogen-bond donors (Lipinski definition) is 0. The molecule has 2 heteroatoms. The van der Waals surface area contributed by atoms with Gasteiger partial charge in [0, 0.05) is 22.0 Å². The average Bonchev–Trinajstić information content (AvgIpc) is 2.36. The van der Waals surface area contributed by atoms with Crippen molar-refractivity contribution in [2.24, 2.45) is 0 Å². The minimum Gasteiger partial charge on any atom is -0.284 e. The molecule has 15 heavy (non-hydrogen) atoms. The van der Waals surface area contributed by atoms with Crippen LogP contribution < -0.4 is 5.56 Å². The van der Waals surface area contributed by atoms with E-state index < -0.39 is 12.4 Å². The molecular formula is C13H13NO. The number of para-hydroxylation sites is 1. The molecule has 2 rings (SSSR count). The first-order valence-corrected chi connectivity index (χ1v) is 4.61. The van der Waals surface area contributed by atoms with Gasteiger partial charge in [-0.05, 0) is 37.0 Å². The van der Waals surface area contributed by atoms with Crippen molar-refractivity contribution in [1.29, 1.82) is 0 Å². The molecule has 1 aromatic carbocycles. The van der Waals surface area contributed by atoms with Crippen LogP contribution in [-0.4, -0.2) is 4.57 Å². The molecule has 0 aliphatic heterocycles. The van der Waals surface area contributed by atoms with E-state index in [4.69, 9.17) is 5.48 Å². The smallest absolute Gasteiger partial charge is 0.255 e. The molecule has 0 saturated heterocycles. The topological polar surface area (TPSA) is 22.0 Å². The Morgan fingerprint density at radius 1 is 1.27 bits per heavy atom. The Kier molecular flexibility index (Phi) is 1.47. The van der Waals surface area contributed by atoms with Gasteiger partial charge in [-0.25, -0.2) is 0 Å². The van der Waals surface area contributed by atoms with E-state index in [0.29, 0.717) is 5.69 Å². The number of aryl methyl sites for hydroxylation is 1. The summed E-state index contributed by atoms with van der Waals surface area (Å²) < 4.78 is 31.4. The lowest BCUT2D eigenvalue weighted by atomic mass is 10.2. The van der Waals surface area contributed by atoms with Crippen molar-refractivity contribution in [3.63, 3.8) is 0 Å². The lowest BCUT2D eigenvalue weighted by Gasteiger charge is -2.07. The van der Waals surface area contributed by atoms with E-state index in [9.17, 15) is 4.79 Å². The number of rotatable bonds is 1. The molecule has 0 spiro atoms. The lowest BCUT2D eigenvalue weighted by molar-refractivity contribution is 0.966. The molecule has 0 atom stereocenters. The Labute approximate surface area is 94.4 Å². The number of benzene rings is 1. The number of hydrogen-bond acceptors (Lipinski definition) is 1. The molecule has 76 valence electrons. The SMILES string of the molecule is [2H]c1c(C)c(C([2H])([2H])[2H])cn(-c2ccccc2)c1=O. The van der Waals surface area contributed by atoms with Gasteiger partial charge >= 0.3 is 0 Å². The fraction of sp³-hybridized carbons (Fsp3) is 0.154. The van der Waals surface area contributed by atoms with Crippen LogP contribution in [0.25, 0.3) is 5.69 Å². The van der Waals surface area contributed by atoms with Crippen molar-refractivity contribution in [3.05, 3.63) is 64.1 Å². The third-order valence-corrected chi connectivity index (χ3v) is 2.21. The summed E-state index contributed by atoms with van der Waals surface area (Å²) in [5.41, 5.74) is 0.265. The molecule has 0 amide bonds. The van der Waals surface area contributed by atoms with Crippen LogP contribution >= 0.6 is 0 Å². The third kappa shape index (κ3) is 1.84. The summed E-state index contributed by atoms with van der Waals surface area (Å²) in [5.74, 6) is 0. The van der Waals surface area contributed by atoms with Crippen LogP contribution in [0.3, 0.4) is 0 Å². The average molecular weight is 203 g/mol. The van der Waals surface area contributed by atoms with Crippen molar-refractivity contribution >= 4 is 0 Å². The van der Waals surface area contributed by atoms with Gasteiger partial charge < -0.3 is 0 Å². The quantitative estimate of drug-likeness (QED) is 0.697. The second kappa shape index (κ2) is 3.73. The first-order valence-electron chi connectivity index (χ1n) is 6.61. The summed E-state index contributed by atoms with van der Waals surface area (Å²) in [4.78, 5) is 12.1. The van der Waals surface area contributed by atoms with Gasteiger partial charge in [0.25, 0.3) is 5.56 Å². The van der Waals surface area contributed by atoms with E-state index >= 15 is 0 Å². The Morgan fingerprint density at radius 3 is 2.67 bits per heavy atom. The summed E-state index contributed by atoms with van der Waals surface area (Å²) in [6.45, 7) is -0.856.